The molecule has 0 saturated carbocycles. The molecule has 0 bridgehead atoms. The van der Waals surface area contributed by atoms with Crippen LogP contribution in [0.2, 0.25) is 0 Å². The van der Waals surface area contributed by atoms with Crippen molar-refractivity contribution in [3.63, 3.8) is 0 Å². The summed E-state index contributed by atoms with van der Waals surface area (Å²) in [5.41, 5.74) is 0. The molecule has 5 heavy (non-hydrogen) atoms. The molecule has 0 amide bonds. The van der Waals surface area contributed by atoms with E-state index in [0.717, 1.165) is 0 Å². The minimum atomic E-state index is 0. The van der Waals surface area contributed by atoms with Crippen LogP contribution >= 0.6 is 0 Å². The molecular formula is H4BaOPtWY. The van der Waals surface area contributed by atoms with Crippen LogP contribution in [0.1, 0.15) is 0 Å². The van der Waals surface area contributed by atoms with Crippen molar-refractivity contribution < 1.29 is 80.3 Å². The van der Waals surface area contributed by atoms with Gasteiger partial charge in [0.2, 0.25) is 0 Å². The molecule has 0 spiro atoms. The predicted molar refractivity (Wildman–Crippen MR) is 12.2 cm³/mol. The van der Waals surface area contributed by atoms with Crippen molar-refractivity contribution in [3.05, 3.63) is 0 Å². The molecule has 2 N–H and O–H groups in total. The van der Waals surface area contributed by atoms with Crippen LogP contribution in [0.4, 0.5) is 0 Å². The number of rotatable bonds is 0. The van der Waals surface area contributed by atoms with Crippen molar-refractivity contribution >= 4 is 48.9 Å². The van der Waals surface area contributed by atoms with Gasteiger partial charge in [-0.05, 0) is 0 Å². The molecule has 1 radical (unpaired) electrons. The molecule has 0 aliphatic rings. The number of hydrogen-bond acceptors (Lipinski definition) is 0. The van der Waals surface area contributed by atoms with Crippen LogP contribution < -0.4 is 0 Å². The zero-order chi connectivity index (χ0) is 0. The normalized spacial score (nSPS) is 0. The third-order valence-corrected chi connectivity index (χ3v) is 0. The van der Waals surface area contributed by atoms with Crippen molar-refractivity contribution in [2.75, 3.05) is 0 Å². The summed E-state index contributed by atoms with van der Waals surface area (Å²) in [6, 6.07) is 0. The molecule has 0 rings (SSSR count). The van der Waals surface area contributed by atoms with Gasteiger partial charge in [-0.25, -0.2) is 0 Å². The van der Waals surface area contributed by atoms with Crippen molar-refractivity contribution in [1.29, 1.82) is 0 Å². The maximum absolute atomic E-state index is 0. The molecule has 5 heteroatoms. The van der Waals surface area contributed by atoms with Gasteiger partial charge in [-0.1, -0.05) is 0 Å². The Kier molecular flexibility index (Phi) is 176. The Labute approximate surface area is 126 Å². The molecule has 0 saturated heterocycles. The third kappa shape index (κ3) is 18.0. The summed E-state index contributed by atoms with van der Waals surface area (Å²) in [7, 11) is 0. The van der Waals surface area contributed by atoms with Gasteiger partial charge in [0.15, 0.2) is 0 Å². The SMILES string of the molecule is O.[BaH2].[Pt].[W].[Y]. The van der Waals surface area contributed by atoms with Crippen LogP contribution in [0.25, 0.3) is 0 Å². The predicted octanol–water partition coefficient (Wildman–Crippen LogP) is -1.75. The van der Waals surface area contributed by atoms with Crippen LogP contribution in [0.3, 0.4) is 0 Å². The Morgan fingerprint density at radius 3 is 1.00 bits per heavy atom. The van der Waals surface area contributed by atoms with E-state index in [-0.39, 0.29) is 129 Å². The second-order valence-corrected chi connectivity index (χ2v) is 0. The zero-order valence-corrected chi connectivity index (χ0v) is 9.85. The molecule has 0 fully saturated rings. The minimum Gasteiger partial charge on any atom is 0 e. The summed E-state index contributed by atoms with van der Waals surface area (Å²) in [6.07, 6.45) is 0. The Morgan fingerprint density at radius 1 is 1.00 bits per heavy atom. The molecule has 0 atom stereocenters. The van der Waals surface area contributed by atoms with E-state index < -0.39 is 0 Å². The fourth-order valence-corrected chi connectivity index (χ4v) is 0. The van der Waals surface area contributed by atoms with Crippen LogP contribution in [-0.2, 0) is 74.8 Å². The van der Waals surface area contributed by atoms with Crippen LogP contribution in [0, 0.1) is 0 Å². The van der Waals surface area contributed by atoms with E-state index in [1.165, 1.54) is 0 Å². The van der Waals surface area contributed by atoms with E-state index in [2.05, 4.69) is 0 Å². The second-order valence-electron chi connectivity index (χ2n) is 0. The average molecular weight is 625 g/mol. The number of hydrogen-bond donors (Lipinski definition) is 0. The molecule has 0 aliphatic carbocycles. The molecule has 0 heterocycles. The van der Waals surface area contributed by atoms with E-state index in [9.17, 15) is 0 Å². The molecule has 0 aliphatic heterocycles. The van der Waals surface area contributed by atoms with Crippen molar-refractivity contribution in [2.24, 2.45) is 0 Å². The molecule has 0 aromatic carbocycles. The van der Waals surface area contributed by atoms with E-state index in [4.69, 9.17) is 0 Å². The Morgan fingerprint density at radius 2 is 1.00 bits per heavy atom. The van der Waals surface area contributed by atoms with E-state index in [0.29, 0.717) is 0 Å². The fraction of sp³-hybridized carbons (Fsp3) is 0. The Hall–Kier alpha value is 4.01. The summed E-state index contributed by atoms with van der Waals surface area (Å²) in [6.45, 7) is 0. The van der Waals surface area contributed by atoms with Gasteiger partial charge in [-0.15, -0.1) is 0 Å². The maximum atomic E-state index is 0. The fourth-order valence-electron chi connectivity index (χ4n) is 0. The molecular weight excluding hydrogens is 621 g/mol. The second kappa shape index (κ2) is 24.5. The van der Waals surface area contributed by atoms with Gasteiger partial charge in [0.05, 0.1) is 0 Å². The molecule has 0 aromatic rings. The largest absolute Gasteiger partial charge is 0 e. The van der Waals surface area contributed by atoms with Crippen molar-refractivity contribution in [1.82, 2.24) is 0 Å². The Balaban J connectivity index is 0. The first-order valence-electron chi connectivity index (χ1n) is 0. The smallest absolute Gasteiger partial charge is 0 e. The topological polar surface area (TPSA) is 31.5 Å². The first-order chi connectivity index (χ1) is 0. The Bertz CT molecular complexity index is 11.6. The molecule has 0 aromatic heterocycles. The van der Waals surface area contributed by atoms with E-state index >= 15 is 0 Å². The minimum absolute atomic E-state index is 0. The van der Waals surface area contributed by atoms with E-state index in [1.54, 1.807) is 0 Å². The molecule has 31 valence electrons. The van der Waals surface area contributed by atoms with Crippen molar-refractivity contribution in [2.45, 2.75) is 0 Å². The van der Waals surface area contributed by atoms with Gasteiger partial charge >= 0.3 is 48.9 Å². The van der Waals surface area contributed by atoms with Crippen molar-refractivity contribution in [3.8, 4) is 0 Å². The summed E-state index contributed by atoms with van der Waals surface area (Å²) >= 11 is 0. The van der Waals surface area contributed by atoms with Gasteiger partial charge in [0.1, 0.15) is 0 Å². The van der Waals surface area contributed by atoms with Gasteiger partial charge in [-0.3, -0.25) is 0 Å². The summed E-state index contributed by atoms with van der Waals surface area (Å²) < 4.78 is 0. The van der Waals surface area contributed by atoms with Crippen LogP contribution in [0.15, 0.2) is 0 Å². The summed E-state index contributed by atoms with van der Waals surface area (Å²) in [5, 5.41) is 0. The van der Waals surface area contributed by atoms with E-state index in [1.807, 2.05) is 0 Å². The average Bonchev–Trinajstić information content (AvgIpc) is 0. The quantitative estimate of drug-likeness (QED) is 0.287. The van der Waals surface area contributed by atoms with Crippen LogP contribution in [-0.4, -0.2) is 54.4 Å². The first kappa shape index (κ1) is 35.9. The monoisotopic (exact) mass is 626 g/mol. The summed E-state index contributed by atoms with van der Waals surface area (Å²) in [4.78, 5) is 0. The zero-order valence-electron chi connectivity index (χ0n) is 1.80. The molecule has 0 unspecified atom stereocenters. The van der Waals surface area contributed by atoms with Gasteiger partial charge in [0.25, 0.3) is 0 Å². The third-order valence-electron chi connectivity index (χ3n) is 0. The van der Waals surface area contributed by atoms with Crippen LogP contribution in [0.5, 0.6) is 0 Å². The first-order valence-corrected chi connectivity index (χ1v) is 0. The van der Waals surface area contributed by atoms with Gasteiger partial charge < -0.3 is 5.48 Å². The van der Waals surface area contributed by atoms with Gasteiger partial charge in [0, 0.05) is 74.8 Å². The maximum Gasteiger partial charge on any atom is 0 e. The molecule has 1 nitrogen and oxygen atoms in total. The van der Waals surface area contributed by atoms with Gasteiger partial charge in [-0.2, -0.15) is 0 Å². The summed E-state index contributed by atoms with van der Waals surface area (Å²) in [5.74, 6) is 0. The standard InChI is InChI=1S/Ba.H2O.Pt.W.Y.2H/h;1H2;;;;;.